The van der Waals surface area contributed by atoms with E-state index in [1.807, 2.05) is 12.1 Å². The molecule has 3 rings (SSSR count). The molecule has 2 aromatic carbocycles. The smallest absolute Gasteiger partial charge is 0.221 e. The van der Waals surface area contributed by atoms with E-state index in [0.717, 1.165) is 24.2 Å². The Morgan fingerprint density at radius 1 is 0.667 bits per heavy atom. The molecule has 2 amide bonds. The van der Waals surface area contributed by atoms with Gasteiger partial charge in [-0.3, -0.25) is 9.59 Å². The first-order valence-electron chi connectivity index (χ1n) is 12.8. The molecule has 1 aliphatic carbocycles. The number of hydrogen-bond donors (Lipinski definition) is 2. The van der Waals surface area contributed by atoms with E-state index in [1.54, 1.807) is 13.8 Å². The predicted octanol–water partition coefficient (Wildman–Crippen LogP) is 7.81. The molecule has 0 fully saturated rings. The Bertz CT molecular complexity index is 900. The van der Waals surface area contributed by atoms with Gasteiger partial charge in [-0.15, -0.1) is 0 Å². The Hall–Kier alpha value is -2.62. The van der Waals surface area contributed by atoms with Crippen molar-refractivity contribution in [3.05, 3.63) is 47.5 Å². The predicted molar refractivity (Wildman–Crippen MR) is 139 cm³/mol. The van der Waals surface area contributed by atoms with Gasteiger partial charge in [0.15, 0.2) is 0 Å². The Morgan fingerprint density at radius 3 is 1.45 bits per heavy atom. The van der Waals surface area contributed by atoms with Gasteiger partial charge >= 0.3 is 0 Å². The number of rotatable bonds is 12. The molecule has 0 saturated carbocycles. The van der Waals surface area contributed by atoms with Crippen LogP contribution in [0.25, 0.3) is 11.1 Å². The third-order valence-electron chi connectivity index (χ3n) is 6.92. The molecule has 0 unspecified atom stereocenters. The first-order valence-corrected chi connectivity index (χ1v) is 12.8. The lowest BCUT2D eigenvalue weighted by molar-refractivity contribution is -0.115. The van der Waals surface area contributed by atoms with Crippen molar-refractivity contribution in [3.8, 4) is 11.1 Å². The molecule has 1 aliphatic rings. The van der Waals surface area contributed by atoms with Crippen LogP contribution in [0, 0.1) is 0 Å². The summed E-state index contributed by atoms with van der Waals surface area (Å²) < 4.78 is 0. The van der Waals surface area contributed by atoms with E-state index in [4.69, 9.17) is 0 Å². The molecule has 2 N–H and O–H groups in total. The average Bonchev–Trinajstić information content (AvgIpc) is 3.02. The van der Waals surface area contributed by atoms with Crippen molar-refractivity contribution >= 4 is 23.2 Å². The second kappa shape index (κ2) is 11.5. The average molecular weight is 449 g/mol. The number of unbranched alkanes of at least 4 members (excludes halogenated alkanes) is 6. The van der Waals surface area contributed by atoms with Crippen molar-refractivity contribution in [1.29, 1.82) is 0 Å². The van der Waals surface area contributed by atoms with Crippen molar-refractivity contribution in [1.82, 2.24) is 0 Å². The second-order valence-electron chi connectivity index (χ2n) is 9.59. The van der Waals surface area contributed by atoms with Gasteiger partial charge in [-0.25, -0.2) is 0 Å². The summed E-state index contributed by atoms with van der Waals surface area (Å²) >= 11 is 0. The molecule has 33 heavy (non-hydrogen) atoms. The minimum absolute atomic E-state index is 0.0464. The highest BCUT2D eigenvalue weighted by Crippen LogP contribution is 2.55. The van der Waals surface area contributed by atoms with E-state index in [9.17, 15) is 9.59 Å². The fourth-order valence-corrected chi connectivity index (χ4v) is 5.43. The highest BCUT2D eigenvalue weighted by atomic mass is 16.2. The van der Waals surface area contributed by atoms with Gasteiger partial charge in [-0.2, -0.15) is 0 Å². The van der Waals surface area contributed by atoms with Gasteiger partial charge < -0.3 is 10.6 Å². The van der Waals surface area contributed by atoms with Gasteiger partial charge in [0.05, 0.1) is 0 Å². The first kappa shape index (κ1) is 25.0. The van der Waals surface area contributed by atoms with Gasteiger partial charge in [0.25, 0.3) is 0 Å². The lowest BCUT2D eigenvalue weighted by Crippen LogP contribution is -2.26. The van der Waals surface area contributed by atoms with Crippen LogP contribution >= 0.6 is 0 Å². The van der Waals surface area contributed by atoms with Crippen LogP contribution in [0.5, 0.6) is 0 Å². The number of nitrogens with one attached hydrogen (secondary N) is 2. The zero-order valence-electron chi connectivity index (χ0n) is 20.9. The summed E-state index contributed by atoms with van der Waals surface area (Å²) in [6.45, 7) is 7.62. The van der Waals surface area contributed by atoms with Crippen molar-refractivity contribution in [2.24, 2.45) is 0 Å². The Balaban J connectivity index is 2.11. The topological polar surface area (TPSA) is 58.2 Å². The summed E-state index contributed by atoms with van der Waals surface area (Å²) in [5.41, 5.74) is 6.83. The third kappa shape index (κ3) is 5.85. The Kier molecular flexibility index (Phi) is 8.71. The number of anilines is 2. The summed E-state index contributed by atoms with van der Waals surface area (Å²) in [5, 5.41) is 5.99. The summed E-state index contributed by atoms with van der Waals surface area (Å²) in [7, 11) is 0. The van der Waals surface area contributed by atoms with Gasteiger partial charge in [-0.1, -0.05) is 77.3 Å². The van der Waals surface area contributed by atoms with E-state index in [1.165, 1.54) is 73.6 Å². The summed E-state index contributed by atoms with van der Waals surface area (Å²) in [4.78, 5) is 23.6. The van der Waals surface area contributed by atoms with E-state index in [-0.39, 0.29) is 17.2 Å². The number of benzene rings is 2. The van der Waals surface area contributed by atoms with Crippen LogP contribution in [0.15, 0.2) is 36.4 Å². The zero-order valence-corrected chi connectivity index (χ0v) is 20.9. The van der Waals surface area contributed by atoms with Crippen molar-refractivity contribution in [2.75, 3.05) is 10.6 Å². The van der Waals surface area contributed by atoms with E-state index in [2.05, 4.69) is 48.7 Å². The summed E-state index contributed by atoms with van der Waals surface area (Å²) in [6.07, 6.45) is 11.9. The van der Waals surface area contributed by atoms with Crippen LogP contribution in [-0.2, 0) is 15.0 Å². The number of carbonyl (C=O) groups excluding carboxylic acids is 2. The molecule has 178 valence electrons. The number of fused-ring (bicyclic) bond motifs is 3. The molecule has 0 heterocycles. The van der Waals surface area contributed by atoms with E-state index < -0.39 is 0 Å². The van der Waals surface area contributed by atoms with Crippen molar-refractivity contribution in [3.63, 3.8) is 0 Å². The molecule has 0 bridgehead atoms. The molecule has 2 aromatic rings. The Labute approximate surface area is 199 Å². The quantitative estimate of drug-likeness (QED) is 0.325. The van der Waals surface area contributed by atoms with Crippen LogP contribution in [0.1, 0.15) is 103 Å². The maximum Gasteiger partial charge on any atom is 0.221 e. The molecule has 4 heteroatoms. The molecule has 0 aromatic heterocycles. The normalized spacial score (nSPS) is 13.3. The number of carbonyl (C=O) groups is 2. The SMILES string of the molecule is CCCCCCC1(CCCCCC)c2cc(NC(C)=O)ccc2-c2ccc(NC(C)=O)cc21. The molecule has 0 saturated heterocycles. The lowest BCUT2D eigenvalue weighted by Gasteiger charge is -2.33. The second-order valence-corrected chi connectivity index (χ2v) is 9.59. The van der Waals surface area contributed by atoms with Crippen LogP contribution in [-0.4, -0.2) is 11.8 Å². The van der Waals surface area contributed by atoms with E-state index >= 15 is 0 Å². The van der Waals surface area contributed by atoms with Gasteiger partial charge in [0.1, 0.15) is 0 Å². The van der Waals surface area contributed by atoms with Gasteiger partial charge in [0, 0.05) is 30.6 Å². The van der Waals surface area contributed by atoms with Crippen LogP contribution < -0.4 is 10.6 Å². The third-order valence-corrected chi connectivity index (χ3v) is 6.92. The Morgan fingerprint density at radius 2 is 1.09 bits per heavy atom. The van der Waals surface area contributed by atoms with Crippen molar-refractivity contribution in [2.45, 2.75) is 97.3 Å². The highest BCUT2D eigenvalue weighted by molar-refractivity contribution is 5.92. The maximum absolute atomic E-state index is 11.8. The van der Waals surface area contributed by atoms with Gasteiger partial charge in [0.2, 0.25) is 11.8 Å². The molecular formula is C29H40N2O2. The lowest BCUT2D eigenvalue weighted by atomic mass is 9.70. The van der Waals surface area contributed by atoms with Crippen LogP contribution in [0.3, 0.4) is 0 Å². The van der Waals surface area contributed by atoms with E-state index in [0.29, 0.717) is 0 Å². The maximum atomic E-state index is 11.8. The molecule has 0 atom stereocenters. The zero-order chi connectivity index (χ0) is 23.8. The molecule has 0 radical (unpaired) electrons. The van der Waals surface area contributed by atoms with Crippen LogP contribution in [0.2, 0.25) is 0 Å². The van der Waals surface area contributed by atoms with Crippen molar-refractivity contribution < 1.29 is 9.59 Å². The minimum Gasteiger partial charge on any atom is -0.326 e. The molecule has 4 nitrogen and oxygen atoms in total. The first-order chi connectivity index (χ1) is 15.9. The van der Waals surface area contributed by atoms with Crippen LogP contribution in [0.4, 0.5) is 11.4 Å². The number of amides is 2. The molecular weight excluding hydrogens is 408 g/mol. The largest absolute Gasteiger partial charge is 0.326 e. The fraction of sp³-hybridized carbons (Fsp3) is 0.517. The molecule has 0 aliphatic heterocycles. The fourth-order valence-electron chi connectivity index (χ4n) is 5.43. The number of hydrogen-bond acceptors (Lipinski definition) is 2. The monoisotopic (exact) mass is 448 g/mol. The molecule has 0 spiro atoms. The standard InChI is InChI=1S/C29H40N2O2/c1-5-7-9-11-17-29(18-12-10-8-6-2)27-19-23(30-21(3)32)13-15-25(27)26-16-14-24(20-28(26)29)31-22(4)33/h13-16,19-20H,5-12,17-18H2,1-4H3,(H,30,32)(H,31,33). The highest BCUT2D eigenvalue weighted by Gasteiger charge is 2.42. The summed E-state index contributed by atoms with van der Waals surface area (Å²) in [5.74, 6) is -0.0928. The summed E-state index contributed by atoms with van der Waals surface area (Å²) in [6, 6.07) is 12.8. The van der Waals surface area contributed by atoms with Gasteiger partial charge in [-0.05, 0) is 59.4 Å². The minimum atomic E-state index is -0.0882.